The zero-order chi connectivity index (χ0) is 28.9. The van der Waals surface area contributed by atoms with Crippen molar-refractivity contribution in [1.29, 1.82) is 0 Å². The van der Waals surface area contributed by atoms with Gasteiger partial charge >= 0.3 is 0 Å². The van der Waals surface area contributed by atoms with Crippen molar-refractivity contribution in [3.63, 3.8) is 0 Å². The molecule has 2 N–H and O–H groups in total. The zero-order valence-electron chi connectivity index (χ0n) is 24.2. The van der Waals surface area contributed by atoms with Gasteiger partial charge in [-0.1, -0.05) is 24.3 Å². The van der Waals surface area contributed by atoms with Crippen LogP contribution in [0, 0.1) is 5.82 Å². The SMILES string of the molecule is O=C(c1cc(Cc2n[nH]c(=O)c3ccccc23)ccc1F)N1CCN(CCN2CCC(OC3CCNCC3)CC2)CC1. The summed E-state index contributed by atoms with van der Waals surface area (Å²) in [4.78, 5) is 32.2. The highest BCUT2D eigenvalue weighted by Crippen LogP contribution is 2.21. The lowest BCUT2D eigenvalue weighted by Crippen LogP contribution is -2.51. The number of carbonyl (C=O) groups is 1. The summed E-state index contributed by atoms with van der Waals surface area (Å²) in [6, 6.07) is 11.9. The van der Waals surface area contributed by atoms with Gasteiger partial charge in [0.25, 0.3) is 11.5 Å². The number of H-pyrrole nitrogens is 1. The number of benzene rings is 2. The van der Waals surface area contributed by atoms with Gasteiger partial charge in [-0.15, -0.1) is 0 Å². The molecule has 3 fully saturated rings. The van der Waals surface area contributed by atoms with Crippen molar-refractivity contribution < 1.29 is 13.9 Å². The van der Waals surface area contributed by atoms with Gasteiger partial charge in [-0.2, -0.15) is 5.10 Å². The molecule has 224 valence electrons. The number of hydrogen-bond donors (Lipinski definition) is 2. The Kier molecular flexibility index (Phi) is 9.24. The smallest absolute Gasteiger partial charge is 0.272 e. The second-order valence-corrected chi connectivity index (χ2v) is 11.8. The molecule has 0 atom stereocenters. The van der Waals surface area contributed by atoms with Gasteiger partial charge in [-0.05, 0) is 62.5 Å². The number of nitrogens with zero attached hydrogens (tertiary/aromatic N) is 4. The molecular formula is C32H41FN6O3. The molecule has 3 aromatic rings. The van der Waals surface area contributed by atoms with Crippen LogP contribution in [-0.2, 0) is 11.2 Å². The predicted octanol–water partition coefficient (Wildman–Crippen LogP) is 2.64. The van der Waals surface area contributed by atoms with E-state index in [4.69, 9.17) is 4.74 Å². The maximum atomic E-state index is 14.8. The minimum Gasteiger partial charge on any atom is -0.375 e. The van der Waals surface area contributed by atoms with E-state index in [1.807, 2.05) is 18.2 Å². The number of rotatable bonds is 8. The van der Waals surface area contributed by atoms with Crippen LogP contribution in [0.1, 0.15) is 47.3 Å². The first-order chi connectivity index (χ1) is 20.5. The van der Waals surface area contributed by atoms with E-state index in [1.165, 1.54) is 6.07 Å². The second kappa shape index (κ2) is 13.4. The molecule has 0 spiro atoms. The van der Waals surface area contributed by atoms with Crippen molar-refractivity contribution in [2.75, 3.05) is 65.4 Å². The Morgan fingerprint density at radius 1 is 0.881 bits per heavy atom. The van der Waals surface area contributed by atoms with Crippen molar-refractivity contribution in [3.8, 4) is 0 Å². The number of fused-ring (bicyclic) bond motifs is 1. The van der Waals surface area contributed by atoms with E-state index in [1.54, 1.807) is 23.1 Å². The normalized spacial score (nSPS) is 19.9. The second-order valence-electron chi connectivity index (χ2n) is 11.8. The molecule has 3 saturated heterocycles. The van der Waals surface area contributed by atoms with E-state index >= 15 is 0 Å². The molecule has 0 saturated carbocycles. The molecule has 0 unspecified atom stereocenters. The molecular weight excluding hydrogens is 535 g/mol. The zero-order valence-corrected chi connectivity index (χ0v) is 24.2. The summed E-state index contributed by atoms with van der Waals surface area (Å²) in [7, 11) is 0. The van der Waals surface area contributed by atoms with Crippen molar-refractivity contribution >= 4 is 16.7 Å². The van der Waals surface area contributed by atoms with Crippen molar-refractivity contribution in [3.05, 3.63) is 75.5 Å². The monoisotopic (exact) mass is 576 g/mol. The molecule has 0 bridgehead atoms. The summed E-state index contributed by atoms with van der Waals surface area (Å²) in [6.45, 7) is 9.04. The Morgan fingerprint density at radius 2 is 1.55 bits per heavy atom. The lowest BCUT2D eigenvalue weighted by molar-refractivity contribution is -0.0537. The standard InChI is InChI=1S/C32H41FN6O3/c33-29-6-5-23(22-30-26-3-1-2-4-27(26)31(40)36-35-30)21-28(29)32(41)39-19-17-38(18-20-39)16-15-37-13-9-25(10-14-37)42-24-7-11-34-12-8-24/h1-6,21,24-25,34H,7-20,22H2,(H,36,40). The predicted molar refractivity (Wildman–Crippen MR) is 160 cm³/mol. The van der Waals surface area contributed by atoms with Crippen LogP contribution in [0.5, 0.6) is 0 Å². The number of piperidine rings is 2. The van der Waals surface area contributed by atoms with Gasteiger partial charge in [0, 0.05) is 64.2 Å². The lowest BCUT2D eigenvalue weighted by atomic mass is 10.0. The third-order valence-corrected chi connectivity index (χ3v) is 9.01. The van der Waals surface area contributed by atoms with Gasteiger partial charge in [-0.25, -0.2) is 9.49 Å². The first-order valence-corrected chi connectivity index (χ1v) is 15.4. The lowest BCUT2D eigenvalue weighted by Gasteiger charge is -2.38. The average Bonchev–Trinajstić information content (AvgIpc) is 3.03. The molecule has 42 heavy (non-hydrogen) atoms. The average molecular weight is 577 g/mol. The highest BCUT2D eigenvalue weighted by Gasteiger charge is 2.27. The van der Waals surface area contributed by atoms with Crippen LogP contribution >= 0.6 is 0 Å². The van der Waals surface area contributed by atoms with E-state index in [2.05, 4.69) is 25.3 Å². The van der Waals surface area contributed by atoms with Gasteiger partial charge in [-0.3, -0.25) is 14.5 Å². The van der Waals surface area contributed by atoms with Crippen LogP contribution in [-0.4, -0.2) is 108 Å². The van der Waals surface area contributed by atoms with Gasteiger partial charge in [0.1, 0.15) is 5.82 Å². The number of halogens is 1. The fourth-order valence-electron chi connectivity index (χ4n) is 6.45. The summed E-state index contributed by atoms with van der Waals surface area (Å²) in [5.74, 6) is -0.790. The van der Waals surface area contributed by atoms with E-state index in [0.717, 1.165) is 89.0 Å². The van der Waals surface area contributed by atoms with E-state index in [0.29, 0.717) is 42.8 Å². The maximum Gasteiger partial charge on any atom is 0.272 e. The number of carbonyl (C=O) groups excluding carboxylic acids is 1. The third kappa shape index (κ3) is 6.89. The minimum atomic E-state index is -0.516. The summed E-state index contributed by atoms with van der Waals surface area (Å²) >= 11 is 0. The summed E-state index contributed by atoms with van der Waals surface area (Å²) in [5, 5.41) is 11.5. The molecule has 3 aliphatic heterocycles. The van der Waals surface area contributed by atoms with Crippen LogP contribution in [0.15, 0.2) is 47.3 Å². The highest BCUT2D eigenvalue weighted by atomic mass is 19.1. The van der Waals surface area contributed by atoms with E-state index < -0.39 is 5.82 Å². The molecule has 0 radical (unpaired) electrons. The first-order valence-electron chi connectivity index (χ1n) is 15.4. The Bertz CT molecular complexity index is 1430. The summed E-state index contributed by atoms with van der Waals surface area (Å²) in [6.07, 6.45) is 5.65. The van der Waals surface area contributed by atoms with Crippen LogP contribution in [0.2, 0.25) is 0 Å². The number of piperazine rings is 1. The highest BCUT2D eigenvalue weighted by molar-refractivity contribution is 5.95. The number of aromatic nitrogens is 2. The Hall–Kier alpha value is -3.18. The Morgan fingerprint density at radius 3 is 2.29 bits per heavy atom. The number of nitrogens with one attached hydrogen (secondary N) is 2. The van der Waals surface area contributed by atoms with Crippen LogP contribution in [0.3, 0.4) is 0 Å². The largest absolute Gasteiger partial charge is 0.375 e. The maximum absolute atomic E-state index is 14.8. The van der Waals surface area contributed by atoms with Crippen LogP contribution in [0.4, 0.5) is 4.39 Å². The molecule has 1 aromatic heterocycles. The molecule has 2 aromatic carbocycles. The number of hydrogen-bond acceptors (Lipinski definition) is 7. The number of amides is 1. The molecule has 9 nitrogen and oxygen atoms in total. The number of ether oxygens (including phenoxy) is 1. The third-order valence-electron chi connectivity index (χ3n) is 9.01. The molecule has 1 amide bonds. The molecule has 10 heteroatoms. The topological polar surface area (TPSA) is 93.8 Å². The van der Waals surface area contributed by atoms with Gasteiger partial charge in [0.15, 0.2) is 0 Å². The summed E-state index contributed by atoms with van der Waals surface area (Å²) < 4.78 is 21.2. The number of aromatic amines is 1. The Balaban J connectivity index is 0.981. The Labute approximate surface area is 246 Å². The number of likely N-dealkylation sites (tertiary alicyclic amines) is 1. The first kappa shape index (κ1) is 28.9. The van der Waals surface area contributed by atoms with E-state index in [9.17, 15) is 14.0 Å². The minimum absolute atomic E-state index is 0.0873. The van der Waals surface area contributed by atoms with Crippen LogP contribution in [0.25, 0.3) is 10.8 Å². The quantitative estimate of drug-likeness (QED) is 0.426. The van der Waals surface area contributed by atoms with Gasteiger partial charge in [0.05, 0.1) is 28.9 Å². The summed E-state index contributed by atoms with van der Waals surface area (Å²) in [5.41, 5.74) is 1.30. The molecule has 0 aliphatic carbocycles. The fraction of sp³-hybridized carbons (Fsp3) is 0.531. The van der Waals surface area contributed by atoms with Gasteiger partial charge < -0.3 is 19.9 Å². The van der Waals surface area contributed by atoms with E-state index in [-0.39, 0.29) is 17.0 Å². The molecule has 3 aliphatic rings. The fourth-order valence-corrected chi connectivity index (χ4v) is 6.45. The molecule has 4 heterocycles. The van der Waals surface area contributed by atoms with Crippen LogP contribution < -0.4 is 10.9 Å². The van der Waals surface area contributed by atoms with Crippen molar-refractivity contribution in [2.24, 2.45) is 0 Å². The van der Waals surface area contributed by atoms with Crippen molar-refractivity contribution in [1.82, 2.24) is 30.2 Å². The van der Waals surface area contributed by atoms with Gasteiger partial charge in [0.2, 0.25) is 0 Å². The van der Waals surface area contributed by atoms with Crippen molar-refractivity contribution in [2.45, 2.75) is 44.3 Å². The molecule has 6 rings (SSSR count).